The summed E-state index contributed by atoms with van der Waals surface area (Å²) in [4.78, 5) is 15.2. The second-order valence-corrected chi connectivity index (χ2v) is 7.08. The van der Waals surface area contributed by atoms with Crippen LogP contribution in [0.4, 0.5) is 0 Å². The minimum atomic E-state index is -1.13. The van der Waals surface area contributed by atoms with Gasteiger partial charge >= 0.3 is 0 Å². The van der Waals surface area contributed by atoms with Crippen molar-refractivity contribution in [1.29, 1.82) is 0 Å². The standard InChI is InChI=1S/C24H27NO2/c1-2-25-18-17-24(27,16-15-21-11-7-4-8-12-21)22(19-25)23(26)14-13-20-9-5-3-6-10-20/h3-16,22,27H,2,17-19H2,1H3/b14-13-,16-15+/t22-,24+/m0/s1. The van der Waals surface area contributed by atoms with Crippen molar-refractivity contribution >= 4 is 17.9 Å². The Labute approximate surface area is 161 Å². The normalized spacial score (nSPS) is 23.9. The zero-order chi connectivity index (χ0) is 19.1. The van der Waals surface area contributed by atoms with Crippen LogP contribution in [0.2, 0.25) is 0 Å². The monoisotopic (exact) mass is 361 g/mol. The molecule has 1 N–H and O–H groups in total. The van der Waals surface area contributed by atoms with Crippen LogP contribution in [-0.4, -0.2) is 41.0 Å². The third-order valence-corrected chi connectivity index (χ3v) is 5.27. The molecular weight excluding hydrogens is 334 g/mol. The number of carbonyl (C=O) groups excluding carboxylic acids is 1. The molecular formula is C24H27NO2. The molecule has 0 aromatic heterocycles. The molecule has 2 aromatic rings. The molecule has 2 atom stereocenters. The highest BCUT2D eigenvalue weighted by molar-refractivity contribution is 5.96. The summed E-state index contributed by atoms with van der Waals surface area (Å²) in [7, 11) is 0. The fraction of sp³-hybridized carbons (Fsp3) is 0.292. The Kier molecular flexibility index (Phi) is 6.38. The van der Waals surface area contributed by atoms with Crippen LogP contribution >= 0.6 is 0 Å². The number of rotatable bonds is 6. The molecule has 0 amide bonds. The molecule has 140 valence electrons. The van der Waals surface area contributed by atoms with Crippen molar-refractivity contribution < 1.29 is 9.90 Å². The first-order valence-electron chi connectivity index (χ1n) is 9.57. The molecule has 0 bridgehead atoms. The highest BCUT2D eigenvalue weighted by Crippen LogP contribution is 2.31. The first-order chi connectivity index (χ1) is 13.1. The number of aliphatic hydroxyl groups is 1. The van der Waals surface area contributed by atoms with Gasteiger partial charge in [-0.25, -0.2) is 0 Å². The summed E-state index contributed by atoms with van der Waals surface area (Å²) >= 11 is 0. The molecule has 1 aliphatic rings. The molecule has 3 nitrogen and oxygen atoms in total. The van der Waals surface area contributed by atoms with Gasteiger partial charge in [0.2, 0.25) is 0 Å². The smallest absolute Gasteiger partial charge is 0.163 e. The summed E-state index contributed by atoms with van der Waals surface area (Å²) in [6.07, 6.45) is 7.73. The van der Waals surface area contributed by atoms with Gasteiger partial charge in [-0.2, -0.15) is 0 Å². The fourth-order valence-corrected chi connectivity index (χ4v) is 3.51. The molecule has 0 radical (unpaired) electrons. The summed E-state index contributed by atoms with van der Waals surface area (Å²) in [6, 6.07) is 19.7. The summed E-state index contributed by atoms with van der Waals surface area (Å²) in [5, 5.41) is 11.3. The van der Waals surface area contributed by atoms with Crippen molar-refractivity contribution in [2.75, 3.05) is 19.6 Å². The Morgan fingerprint density at radius 3 is 2.26 bits per heavy atom. The maximum atomic E-state index is 13.0. The maximum absolute atomic E-state index is 13.0. The van der Waals surface area contributed by atoms with E-state index in [9.17, 15) is 9.90 Å². The zero-order valence-electron chi connectivity index (χ0n) is 15.8. The van der Waals surface area contributed by atoms with Crippen LogP contribution in [0.25, 0.3) is 12.2 Å². The van der Waals surface area contributed by atoms with Gasteiger partial charge in [0.05, 0.1) is 11.5 Å². The third kappa shape index (κ3) is 5.03. The Balaban J connectivity index is 1.81. The highest BCUT2D eigenvalue weighted by Gasteiger charge is 2.42. The van der Waals surface area contributed by atoms with E-state index in [2.05, 4.69) is 11.8 Å². The van der Waals surface area contributed by atoms with Gasteiger partial charge in [0, 0.05) is 13.1 Å². The van der Waals surface area contributed by atoms with E-state index in [4.69, 9.17) is 0 Å². The predicted molar refractivity (Wildman–Crippen MR) is 111 cm³/mol. The van der Waals surface area contributed by atoms with Crippen LogP contribution in [0.1, 0.15) is 24.5 Å². The lowest BCUT2D eigenvalue weighted by Gasteiger charge is -2.41. The number of allylic oxidation sites excluding steroid dienone is 1. The number of piperidine rings is 1. The molecule has 1 aliphatic heterocycles. The van der Waals surface area contributed by atoms with Crippen LogP contribution in [0.15, 0.2) is 72.8 Å². The van der Waals surface area contributed by atoms with E-state index in [0.29, 0.717) is 13.0 Å². The largest absolute Gasteiger partial charge is 0.385 e. The van der Waals surface area contributed by atoms with E-state index < -0.39 is 11.5 Å². The van der Waals surface area contributed by atoms with Gasteiger partial charge in [-0.05, 0) is 30.2 Å². The van der Waals surface area contributed by atoms with Crippen molar-refractivity contribution in [2.24, 2.45) is 5.92 Å². The Morgan fingerprint density at radius 2 is 1.67 bits per heavy atom. The van der Waals surface area contributed by atoms with E-state index in [0.717, 1.165) is 24.2 Å². The van der Waals surface area contributed by atoms with Crippen molar-refractivity contribution in [3.05, 3.63) is 83.9 Å². The molecule has 1 fully saturated rings. The Bertz CT molecular complexity index is 798. The average molecular weight is 361 g/mol. The second kappa shape index (κ2) is 8.94. The molecule has 2 aromatic carbocycles. The molecule has 27 heavy (non-hydrogen) atoms. The molecule has 1 saturated heterocycles. The Hall–Kier alpha value is -2.49. The minimum absolute atomic E-state index is 0.0304. The van der Waals surface area contributed by atoms with Crippen LogP contribution in [0.3, 0.4) is 0 Å². The van der Waals surface area contributed by atoms with E-state index in [1.54, 1.807) is 6.08 Å². The van der Waals surface area contributed by atoms with E-state index in [-0.39, 0.29) is 5.78 Å². The highest BCUT2D eigenvalue weighted by atomic mass is 16.3. The molecule has 0 spiro atoms. The predicted octanol–water partition coefficient (Wildman–Crippen LogP) is 4.06. The van der Waals surface area contributed by atoms with E-state index in [1.807, 2.05) is 78.9 Å². The number of ketones is 1. The van der Waals surface area contributed by atoms with Crippen LogP contribution in [0, 0.1) is 5.92 Å². The summed E-state index contributed by atoms with van der Waals surface area (Å²) in [5.41, 5.74) is 0.881. The van der Waals surface area contributed by atoms with Crippen LogP contribution in [0.5, 0.6) is 0 Å². The van der Waals surface area contributed by atoms with Gasteiger partial charge in [0.25, 0.3) is 0 Å². The quantitative estimate of drug-likeness (QED) is 0.789. The number of benzene rings is 2. The van der Waals surface area contributed by atoms with Gasteiger partial charge < -0.3 is 10.0 Å². The van der Waals surface area contributed by atoms with Gasteiger partial charge in [-0.3, -0.25) is 4.79 Å². The van der Waals surface area contributed by atoms with Gasteiger partial charge in [0.15, 0.2) is 5.78 Å². The van der Waals surface area contributed by atoms with Crippen molar-refractivity contribution in [1.82, 2.24) is 4.90 Å². The van der Waals surface area contributed by atoms with Crippen molar-refractivity contribution in [3.63, 3.8) is 0 Å². The van der Waals surface area contributed by atoms with Crippen molar-refractivity contribution in [3.8, 4) is 0 Å². The van der Waals surface area contributed by atoms with E-state index in [1.165, 1.54) is 0 Å². The lowest BCUT2D eigenvalue weighted by molar-refractivity contribution is -0.129. The van der Waals surface area contributed by atoms with Gasteiger partial charge in [-0.15, -0.1) is 0 Å². The Morgan fingerprint density at radius 1 is 1.07 bits per heavy atom. The first kappa shape index (κ1) is 19.3. The number of nitrogens with zero attached hydrogens (tertiary/aromatic N) is 1. The summed E-state index contributed by atoms with van der Waals surface area (Å²) < 4.78 is 0. The van der Waals surface area contributed by atoms with Crippen LogP contribution in [-0.2, 0) is 4.79 Å². The van der Waals surface area contributed by atoms with Gasteiger partial charge in [0.1, 0.15) is 0 Å². The number of hydrogen-bond donors (Lipinski definition) is 1. The summed E-state index contributed by atoms with van der Waals surface area (Å²) in [5.74, 6) is -0.497. The molecule has 3 heteroatoms. The average Bonchev–Trinajstić information content (AvgIpc) is 2.72. The topological polar surface area (TPSA) is 40.5 Å². The molecule has 0 unspecified atom stereocenters. The third-order valence-electron chi connectivity index (χ3n) is 5.27. The van der Waals surface area contributed by atoms with Crippen molar-refractivity contribution in [2.45, 2.75) is 18.9 Å². The molecule has 1 heterocycles. The SMILES string of the molecule is CCN1CC[C@](O)(/C=C/c2ccccc2)[C@H](C(=O)/C=C\c2ccccc2)C1. The minimum Gasteiger partial charge on any atom is -0.385 e. The first-order valence-corrected chi connectivity index (χ1v) is 9.57. The summed E-state index contributed by atoms with van der Waals surface area (Å²) in [6.45, 7) is 4.33. The lowest BCUT2D eigenvalue weighted by atomic mass is 9.77. The molecule has 0 saturated carbocycles. The van der Waals surface area contributed by atoms with Gasteiger partial charge in [-0.1, -0.05) is 85.8 Å². The molecule has 0 aliphatic carbocycles. The number of carbonyl (C=O) groups is 1. The second-order valence-electron chi connectivity index (χ2n) is 7.08. The molecule has 3 rings (SSSR count). The van der Waals surface area contributed by atoms with Crippen LogP contribution < -0.4 is 0 Å². The lowest BCUT2D eigenvalue weighted by Crippen LogP contribution is -2.53. The van der Waals surface area contributed by atoms with E-state index >= 15 is 0 Å². The fourth-order valence-electron chi connectivity index (χ4n) is 3.51. The number of hydrogen-bond acceptors (Lipinski definition) is 3. The maximum Gasteiger partial charge on any atom is 0.163 e. The number of likely N-dealkylation sites (tertiary alicyclic amines) is 1. The zero-order valence-corrected chi connectivity index (χ0v) is 15.8.